The van der Waals surface area contributed by atoms with Gasteiger partial charge < -0.3 is 0 Å². The van der Waals surface area contributed by atoms with Crippen molar-refractivity contribution in [2.75, 3.05) is 7.05 Å². The van der Waals surface area contributed by atoms with E-state index < -0.39 is 0 Å². The molecule has 2 nitrogen and oxygen atoms in total. The molecule has 1 aromatic rings. The van der Waals surface area contributed by atoms with Gasteiger partial charge in [0.1, 0.15) is 0 Å². The number of nitrogens with zero attached hydrogens (tertiary/aromatic N) is 1. The van der Waals surface area contributed by atoms with Crippen LogP contribution in [0.15, 0.2) is 42.5 Å². The van der Waals surface area contributed by atoms with E-state index in [1.54, 1.807) is 0 Å². The van der Waals surface area contributed by atoms with E-state index in [2.05, 4.69) is 54.6 Å². The summed E-state index contributed by atoms with van der Waals surface area (Å²) in [4.78, 5) is 5.93. The Morgan fingerprint density at radius 3 is 2.94 bits per heavy atom. The van der Waals surface area contributed by atoms with Crippen LogP contribution in [0.3, 0.4) is 0 Å². The van der Waals surface area contributed by atoms with Crippen molar-refractivity contribution < 1.29 is 4.84 Å². The van der Waals surface area contributed by atoms with E-state index in [0.717, 1.165) is 19.3 Å². The summed E-state index contributed by atoms with van der Waals surface area (Å²) in [6, 6.07) is 11.2. The van der Waals surface area contributed by atoms with Gasteiger partial charge in [-0.05, 0) is 24.8 Å². The average molecular weight is 229 g/mol. The number of benzene rings is 1. The number of fused-ring (bicyclic) bond motifs is 1. The Labute approximate surface area is 103 Å². The van der Waals surface area contributed by atoms with E-state index in [4.69, 9.17) is 4.84 Å². The molecule has 17 heavy (non-hydrogen) atoms. The minimum atomic E-state index is 0.402. The highest BCUT2D eigenvalue weighted by Gasteiger charge is 2.40. The summed E-state index contributed by atoms with van der Waals surface area (Å²) < 4.78 is 0. The predicted molar refractivity (Wildman–Crippen MR) is 68.4 cm³/mol. The van der Waals surface area contributed by atoms with Crippen LogP contribution in [0.4, 0.5) is 0 Å². The number of hydrogen-bond donors (Lipinski definition) is 0. The zero-order chi connectivity index (χ0) is 11.7. The lowest BCUT2D eigenvalue weighted by atomic mass is 9.85. The van der Waals surface area contributed by atoms with Gasteiger partial charge >= 0.3 is 0 Å². The summed E-state index contributed by atoms with van der Waals surface area (Å²) in [6.45, 7) is 0. The molecule has 1 aromatic carbocycles. The van der Waals surface area contributed by atoms with E-state index in [-0.39, 0.29) is 0 Å². The van der Waals surface area contributed by atoms with Gasteiger partial charge in [0.05, 0.1) is 6.10 Å². The molecule has 1 unspecified atom stereocenters. The average Bonchev–Trinajstić information content (AvgIpc) is 2.68. The summed E-state index contributed by atoms with van der Waals surface area (Å²) in [5.41, 5.74) is 1.40. The molecule has 1 aliphatic carbocycles. The second-order valence-electron chi connectivity index (χ2n) is 5.03. The van der Waals surface area contributed by atoms with Crippen molar-refractivity contribution in [3.63, 3.8) is 0 Å². The van der Waals surface area contributed by atoms with Gasteiger partial charge in [-0.3, -0.25) is 4.84 Å². The third-order valence-electron chi connectivity index (χ3n) is 3.91. The molecular formula is C15H19NO. The molecule has 3 atom stereocenters. The van der Waals surface area contributed by atoms with Gasteiger partial charge in [0.25, 0.3) is 0 Å². The molecule has 0 amide bonds. The van der Waals surface area contributed by atoms with Crippen LogP contribution in [0.5, 0.6) is 0 Å². The number of likely N-dealkylation sites (N-methyl/N-ethyl adjacent to an activating group) is 1. The van der Waals surface area contributed by atoms with E-state index in [9.17, 15) is 0 Å². The summed E-state index contributed by atoms with van der Waals surface area (Å²) in [6.07, 6.45) is 8.46. The highest BCUT2D eigenvalue weighted by atomic mass is 16.7. The molecule has 1 aliphatic heterocycles. The number of rotatable bonds is 2. The van der Waals surface area contributed by atoms with Crippen LogP contribution >= 0.6 is 0 Å². The fraction of sp³-hybridized carbons (Fsp3) is 0.467. The second-order valence-corrected chi connectivity index (χ2v) is 5.03. The van der Waals surface area contributed by atoms with Gasteiger partial charge in [-0.25, -0.2) is 0 Å². The van der Waals surface area contributed by atoms with Crippen molar-refractivity contribution >= 4 is 0 Å². The van der Waals surface area contributed by atoms with Crippen LogP contribution in [0, 0.1) is 5.92 Å². The Morgan fingerprint density at radius 1 is 1.29 bits per heavy atom. The van der Waals surface area contributed by atoms with Gasteiger partial charge in [0, 0.05) is 19.0 Å². The van der Waals surface area contributed by atoms with Crippen molar-refractivity contribution in [2.24, 2.45) is 5.92 Å². The smallest absolute Gasteiger partial charge is 0.0874 e. The Morgan fingerprint density at radius 2 is 2.12 bits per heavy atom. The molecule has 2 aliphatic rings. The molecule has 0 N–H and O–H groups in total. The van der Waals surface area contributed by atoms with Gasteiger partial charge in [-0.2, -0.15) is 5.06 Å². The van der Waals surface area contributed by atoms with Gasteiger partial charge in [-0.1, -0.05) is 42.5 Å². The molecular weight excluding hydrogens is 210 g/mol. The van der Waals surface area contributed by atoms with E-state index in [0.29, 0.717) is 18.1 Å². The normalized spacial score (nSPS) is 32.6. The fourth-order valence-corrected chi connectivity index (χ4v) is 2.98. The Balaban J connectivity index is 1.78. The van der Waals surface area contributed by atoms with Gasteiger partial charge in [0.2, 0.25) is 0 Å². The summed E-state index contributed by atoms with van der Waals surface area (Å²) in [5.74, 6) is 0.564. The quantitative estimate of drug-likeness (QED) is 0.723. The highest BCUT2D eigenvalue weighted by Crippen LogP contribution is 2.34. The first-order valence-corrected chi connectivity index (χ1v) is 6.45. The summed E-state index contributed by atoms with van der Waals surface area (Å²) in [5, 5.41) is 2.07. The number of hydroxylamine groups is 2. The van der Waals surface area contributed by atoms with Crippen molar-refractivity contribution in [1.82, 2.24) is 5.06 Å². The Hall–Kier alpha value is -1.12. The molecule has 0 spiro atoms. The van der Waals surface area contributed by atoms with Crippen molar-refractivity contribution in [2.45, 2.75) is 31.4 Å². The third-order valence-corrected chi connectivity index (χ3v) is 3.91. The summed E-state index contributed by atoms with van der Waals surface area (Å²) in [7, 11) is 2.07. The van der Waals surface area contributed by atoms with Crippen LogP contribution in [0.2, 0.25) is 0 Å². The predicted octanol–water partition coefficient (Wildman–Crippen LogP) is 2.81. The molecule has 0 aromatic heterocycles. The Kier molecular flexibility index (Phi) is 3.00. The van der Waals surface area contributed by atoms with Gasteiger partial charge in [-0.15, -0.1) is 0 Å². The maximum absolute atomic E-state index is 5.93. The lowest BCUT2D eigenvalue weighted by Gasteiger charge is -2.22. The van der Waals surface area contributed by atoms with Crippen molar-refractivity contribution in [3.05, 3.63) is 48.0 Å². The minimum Gasteiger partial charge on any atom is -0.295 e. The third kappa shape index (κ3) is 2.15. The van der Waals surface area contributed by atoms with E-state index in [1.807, 2.05) is 0 Å². The fourth-order valence-electron chi connectivity index (χ4n) is 2.98. The monoisotopic (exact) mass is 229 g/mol. The lowest BCUT2D eigenvalue weighted by Crippen LogP contribution is -2.31. The zero-order valence-electron chi connectivity index (χ0n) is 10.3. The largest absolute Gasteiger partial charge is 0.295 e. The molecule has 1 fully saturated rings. The summed E-state index contributed by atoms with van der Waals surface area (Å²) >= 11 is 0. The first-order chi connectivity index (χ1) is 8.34. The first kappa shape index (κ1) is 11.0. The molecule has 1 saturated heterocycles. The standard InChI is InChI=1S/C15H19NO/c1-16-14(11-12-7-3-2-4-8-12)13-9-5-6-10-15(13)17-16/h2-5,7-9,13-15H,6,10-11H2,1H3/t13-,14?,15-/m0/s1. The van der Waals surface area contributed by atoms with Crippen LogP contribution in [-0.4, -0.2) is 24.3 Å². The van der Waals surface area contributed by atoms with Crippen molar-refractivity contribution in [1.29, 1.82) is 0 Å². The number of allylic oxidation sites excluding steroid dienone is 1. The molecule has 3 rings (SSSR count). The molecule has 0 bridgehead atoms. The first-order valence-electron chi connectivity index (χ1n) is 6.45. The van der Waals surface area contributed by atoms with Crippen LogP contribution in [-0.2, 0) is 11.3 Å². The van der Waals surface area contributed by atoms with E-state index >= 15 is 0 Å². The van der Waals surface area contributed by atoms with Crippen LogP contribution in [0.1, 0.15) is 18.4 Å². The van der Waals surface area contributed by atoms with Crippen LogP contribution < -0.4 is 0 Å². The molecule has 1 heterocycles. The van der Waals surface area contributed by atoms with E-state index in [1.165, 1.54) is 5.56 Å². The molecule has 0 radical (unpaired) electrons. The maximum atomic E-state index is 5.93. The van der Waals surface area contributed by atoms with Gasteiger partial charge in [0.15, 0.2) is 0 Å². The molecule has 0 saturated carbocycles. The van der Waals surface area contributed by atoms with Crippen molar-refractivity contribution in [3.8, 4) is 0 Å². The molecule has 90 valence electrons. The Bertz CT molecular complexity index is 401. The molecule has 2 heteroatoms. The lowest BCUT2D eigenvalue weighted by molar-refractivity contribution is -0.144. The highest BCUT2D eigenvalue weighted by molar-refractivity contribution is 5.18. The minimum absolute atomic E-state index is 0.402. The maximum Gasteiger partial charge on any atom is 0.0874 e. The topological polar surface area (TPSA) is 12.5 Å². The SMILES string of the molecule is CN1O[C@H]2CCC=C[C@H]2C1Cc1ccccc1. The van der Waals surface area contributed by atoms with Crippen LogP contribution in [0.25, 0.3) is 0 Å². The number of hydrogen-bond acceptors (Lipinski definition) is 2. The second kappa shape index (κ2) is 4.63. The zero-order valence-corrected chi connectivity index (χ0v) is 10.3.